The molecule has 37 heavy (non-hydrogen) atoms. The molecule has 4 amide bonds. The monoisotopic (exact) mass is 497 g/mol. The molecule has 0 spiro atoms. The number of hydrogen-bond donors (Lipinski definition) is 1. The molecule has 4 rings (SSSR count). The summed E-state index contributed by atoms with van der Waals surface area (Å²) >= 11 is 0. The minimum absolute atomic E-state index is 0.0744. The predicted octanol–water partition coefficient (Wildman–Crippen LogP) is 5.04. The third kappa shape index (κ3) is 4.89. The van der Waals surface area contributed by atoms with Gasteiger partial charge in [-0.15, -0.1) is 6.58 Å². The van der Waals surface area contributed by atoms with Gasteiger partial charge < -0.3 is 10.2 Å². The first-order chi connectivity index (χ1) is 17.8. The summed E-state index contributed by atoms with van der Waals surface area (Å²) < 4.78 is 0. The van der Waals surface area contributed by atoms with Gasteiger partial charge in [-0.1, -0.05) is 55.5 Å². The number of hydrogen-bond acceptors (Lipinski definition) is 4. The van der Waals surface area contributed by atoms with Crippen LogP contribution in [0.2, 0.25) is 0 Å². The van der Waals surface area contributed by atoms with Crippen LogP contribution in [0.1, 0.15) is 53.8 Å². The molecule has 190 valence electrons. The van der Waals surface area contributed by atoms with Gasteiger partial charge in [0.1, 0.15) is 5.54 Å². The predicted molar refractivity (Wildman–Crippen MR) is 144 cm³/mol. The SMILES string of the molecule is C=CCN(C(=O)CCCN1C(=O)c2cccc3cccc(c23)C1=O)[C@@](C)(CC)C(=O)Nc1ccccc1. The molecular formula is C30H31N3O4. The summed E-state index contributed by atoms with van der Waals surface area (Å²) in [6, 6.07) is 19.9. The van der Waals surface area contributed by atoms with Crippen molar-refractivity contribution >= 4 is 40.1 Å². The standard InChI is InChI=1S/C30H31N3O4/c1-4-19-33(30(3,5-2)29(37)31-22-14-7-6-8-15-22)25(34)18-11-20-32-27(35)23-16-9-12-21-13-10-17-24(26(21)23)28(32)36/h4,6-10,12-17H,1,5,11,18-20H2,2-3H3,(H,31,37)/t30-/m0/s1. The molecule has 0 unspecified atom stereocenters. The Morgan fingerprint density at radius 3 is 2.16 bits per heavy atom. The topological polar surface area (TPSA) is 86.8 Å². The quantitative estimate of drug-likeness (QED) is 0.314. The molecule has 0 aromatic heterocycles. The molecule has 7 nitrogen and oxygen atoms in total. The van der Waals surface area contributed by atoms with E-state index in [0.29, 0.717) is 28.6 Å². The van der Waals surface area contributed by atoms with Crippen molar-refractivity contribution in [3.63, 3.8) is 0 Å². The van der Waals surface area contributed by atoms with Crippen LogP contribution in [-0.2, 0) is 9.59 Å². The number of nitrogens with zero attached hydrogens (tertiary/aromatic N) is 2. The first-order valence-corrected chi connectivity index (χ1v) is 12.5. The third-order valence-electron chi connectivity index (χ3n) is 7.05. The maximum Gasteiger partial charge on any atom is 0.261 e. The Hall–Kier alpha value is -4.26. The molecule has 7 heteroatoms. The minimum atomic E-state index is -1.10. The van der Waals surface area contributed by atoms with Gasteiger partial charge in [-0.05, 0) is 49.4 Å². The van der Waals surface area contributed by atoms with Crippen molar-refractivity contribution < 1.29 is 19.2 Å². The summed E-state index contributed by atoms with van der Waals surface area (Å²) in [5.74, 6) is -1.25. The molecule has 3 aromatic rings. The summed E-state index contributed by atoms with van der Waals surface area (Å²) in [5, 5.41) is 4.42. The van der Waals surface area contributed by atoms with Gasteiger partial charge in [-0.2, -0.15) is 0 Å². The molecule has 0 aliphatic carbocycles. The zero-order valence-electron chi connectivity index (χ0n) is 21.2. The lowest BCUT2D eigenvalue weighted by Crippen LogP contribution is -2.57. The Labute approximate surface area is 216 Å². The van der Waals surface area contributed by atoms with Gasteiger partial charge in [0.25, 0.3) is 11.8 Å². The molecule has 1 heterocycles. The van der Waals surface area contributed by atoms with Crippen LogP contribution in [-0.4, -0.2) is 52.1 Å². The van der Waals surface area contributed by atoms with E-state index in [1.54, 1.807) is 49.4 Å². The van der Waals surface area contributed by atoms with E-state index in [0.717, 1.165) is 5.39 Å². The van der Waals surface area contributed by atoms with Crippen LogP contribution in [0.15, 0.2) is 79.4 Å². The minimum Gasteiger partial charge on any atom is -0.325 e. The van der Waals surface area contributed by atoms with Gasteiger partial charge in [0.2, 0.25) is 11.8 Å². The van der Waals surface area contributed by atoms with Crippen LogP contribution in [0, 0.1) is 0 Å². The van der Waals surface area contributed by atoms with Crippen LogP contribution < -0.4 is 5.32 Å². The van der Waals surface area contributed by atoms with Crippen molar-refractivity contribution in [2.75, 3.05) is 18.4 Å². The smallest absolute Gasteiger partial charge is 0.261 e. The van der Waals surface area contributed by atoms with Crippen LogP contribution in [0.4, 0.5) is 5.69 Å². The number of imide groups is 1. The third-order valence-corrected chi connectivity index (χ3v) is 7.05. The van der Waals surface area contributed by atoms with E-state index in [9.17, 15) is 19.2 Å². The van der Waals surface area contributed by atoms with Gasteiger partial charge in [-0.25, -0.2) is 0 Å². The Bertz CT molecular complexity index is 1320. The lowest BCUT2D eigenvalue weighted by Gasteiger charge is -2.39. The number of carbonyl (C=O) groups excluding carboxylic acids is 4. The molecule has 3 aromatic carbocycles. The second kappa shape index (κ2) is 10.8. The van der Waals surface area contributed by atoms with Gasteiger partial charge in [0.05, 0.1) is 0 Å². The van der Waals surface area contributed by atoms with Gasteiger partial charge >= 0.3 is 0 Å². The average Bonchev–Trinajstić information content (AvgIpc) is 2.92. The Morgan fingerprint density at radius 1 is 0.973 bits per heavy atom. The average molecular weight is 498 g/mol. The van der Waals surface area contributed by atoms with Crippen molar-refractivity contribution in [3.05, 3.63) is 90.5 Å². The molecule has 1 atom stereocenters. The van der Waals surface area contributed by atoms with Crippen molar-refractivity contribution in [1.82, 2.24) is 9.80 Å². The summed E-state index contributed by atoms with van der Waals surface area (Å²) in [5.41, 5.74) is 0.523. The van der Waals surface area contributed by atoms with E-state index in [2.05, 4.69) is 11.9 Å². The summed E-state index contributed by atoms with van der Waals surface area (Å²) in [7, 11) is 0. The Kier molecular flexibility index (Phi) is 7.53. The number of para-hydroxylation sites is 1. The maximum atomic E-state index is 13.4. The largest absolute Gasteiger partial charge is 0.325 e. The van der Waals surface area contributed by atoms with Gasteiger partial charge in [0, 0.05) is 41.7 Å². The highest BCUT2D eigenvalue weighted by Crippen LogP contribution is 2.30. The van der Waals surface area contributed by atoms with Gasteiger partial charge in [0.15, 0.2) is 0 Å². The number of amides is 4. The second-order valence-electron chi connectivity index (χ2n) is 9.32. The molecular weight excluding hydrogens is 466 g/mol. The van der Waals surface area contributed by atoms with E-state index < -0.39 is 5.54 Å². The van der Waals surface area contributed by atoms with Crippen molar-refractivity contribution in [2.24, 2.45) is 0 Å². The van der Waals surface area contributed by atoms with E-state index in [4.69, 9.17) is 0 Å². The van der Waals surface area contributed by atoms with Gasteiger partial charge in [-0.3, -0.25) is 24.1 Å². The van der Waals surface area contributed by atoms with Crippen LogP contribution in [0.3, 0.4) is 0 Å². The van der Waals surface area contributed by atoms with Crippen molar-refractivity contribution in [2.45, 2.75) is 38.6 Å². The number of benzene rings is 3. The van der Waals surface area contributed by atoms with Crippen molar-refractivity contribution in [3.8, 4) is 0 Å². The summed E-state index contributed by atoms with van der Waals surface area (Å²) in [6.07, 6.45) is 2.35. The molecule has 1 aliphatic rings. The van der Waals surface area contributed by atoms with E-state index >= 15 is 0 Å². The normalized spacial score (nSPS) is 14.3. The van der Waals surface area contributed by atoms with Crippen molar-refractivity contribution in [1.29, 1.82) is 0 Å². The number of nitrogens with one attached hydrogen (secondary N) is 1. The lowest BCUT2D eigenvalue weighted by molar-refractivity contribution is -0.144. The van der Waals surface area contributed by atoms with Crippen LogP contribution in [0.5, 0.6) is 0 Å². The fourth-order valence-corrected chi connectivity index (χ4v) is 4.78. The number of rotatable bonds is 10. The van der Waals surface area contributed by atoms with Crippen LogP contribution in [0.25, 0.3) is 10.8 Å². The summed E-state index contributed by atoms with van der Waals surface area (Å²) in [4.78, 5) is 55.6. The molecule has 0 fully saturated rings. The number of anilines is 1. The molecule has 0 saturated carbocycles. The van der Waals surface area contributed by atoms with Crippen LogP contribution >= 0.6 is 0 Å². The summed E-state index contributed by atoms with van der Waals surface area (Å²) in [6.45, 7) is 7.66. The second-order valence-corrected chi connectivity index (χ2v) is 9.32. The molecule has 0 bridgehead atoms. The molecule has 0 radical (unpaired) electrons. The fraction of sp³-hybridized carbons (Fsp3) is 0.267. The molecule has 0 saturated heterocycles. The lowest BCUT2D eigenvalue weighted by atomic mass is 9.93. The van der Waals surface area contributed by atoms with E-state index in [-0.39, 0.29) is 49.6 Å². The molecule has 1 aliphatic heterocycles. The highest BCUT2D eigenvalue weighted by Gasteiger charge is 2.40. The Balaban J connectivity index is 1.46. The Morgan fingerprint density at radius 2 is 1.59 bits per heavy atom. The number of carbonyl (C=O) groups is 4. The highest BCUT2D eigenvalue weighted by molar-refractivity contribution is 6.25. The van der Waals surface area contributed by atoms with E-state index in [1.165, 1.54) is 9.80 Å². The maximum absolute atomic E-state index is 13.4. The zero-order chi connectivity index (χ0) is 26.6. The molecule has 1 N–H and O–H groups in total. The first-order valence-electron chi connectivity index (χ1n) is 12.5. The highest BCUT2D eigenvalue weighted by atomic mass is 16.2. The van der Waals surface area contributed by atoms with E-state index in [1.807, 2.05) is 37.3 Å². The fourth-order valence-electron chi connectivity index (χ4n) is 4.78. The first kappa shape index (κ1) is 25.8. The zero-order valence-corrected chi connectivity index (χ0v) is 21.2.